The lowest BCUT2D eigenvalue weighted by atomic mass is 9.97. The summed E-state index contributed by atoms with van der Waals surface area (Å²) >= 11 is 0. The average molecular weight is 276 g/mol. The third-order valence-electron chi connectivity index (χ3n) is 3.62. The van der Waals surface area contributed by atoms with Crippen molar-refractivity contribution in [2.75, 3.05) is 14.2 Å². The van der Waals surface area contributed by atoms with Crippen molar-refractivity contribution < 1.29 is 19.0 Å². The van der Waals surface area contributed by atoms with Crippen molar-refractivity contribution >= 4 is 0 Å². The van der Waals surface area contributed by atoms with Crippen LogP contribution in [-0.4, -0.2) is 19.3 Å². The molecule has 1 unspecified atom stereocenters. The summed E-state index contributed by atoms with van der Waals surface area (Å²) in [6.07, 6.45) is -0.808. The van der Waals surface area contributed by atoms with Crippen LogP contribution in [0.3, 0.4) is 0 Å². The molecule has 2 rings (SSSR count). The second-order valence-electron chi connectivity index (χ2n) is 4.76. The molecule has 0 fully saturated rings. The fraction of sp³-hybridized carbons (Fsp3) is 0.375. The van der Waals surface area contributed by atoms with Gasteiger partial charge in [0.2, 0.25) is 0 Å². The summed E-state index contributed by atoms with van der Waals surface area (Å²) in [5.74, 6) is 2.84. The predicted octanol–water partition coefficient (Wildman–Crippen LogP) is 3.30. The van der Waals surface area contributed by atoms with Gasteiger partial charge in [0.25, 0.3) is 0 Å². The Labute approximate surface area is 118 Å². The molecule has 2 aromatic rings. The Morgan fingerprint density at radius 1 is 1.05 bits per heavy atom. The summed E-state index contributed by atoms with van der Waals surface area (Å²) in [5.41, 5.74) is 2.41. The van der Waals surface area contributed by atoms with Gasteiger partial charge in [-0.25, -0.2) is 0 Å². The number of aryl methyl sites for hydroxylation is 2. The Kier molecular flexibility index (Phi) is 4.04. The molecule has 4 heteroatoms. The number of methoxy groups -OCH3 is 2. The SMILES string of the molecule is COc1ccc(OC)c(C(O)c2c(C)oc(C)c2C)c1. The van der Waals surface area contributed by atoms with Crippen molar-refractivity contribution in [3.05, 3.63) is 46.4 Å². The van der Waals surface area contributed by atoms with E-state index in [-0.39, 0.29) is 0 Å². The van der Waals surface area contributed by atoms with Crippen LogP contribution in [0.1, 0.15) is 34.3 Å². The van der Waals surface area contributed by atoms with Crippen LogP contribution in [0.25, 0.3) is 0 Å². The minimum Gasteiger partial charge on any atom is -0.497 e. The largest absolute Gasteiger partial charge is 0.497 e. The van der Waals surface area contributed by atoms with E-state index >= 15 is 0 Å². The molecule has 1 heterocycles. The van der Waals surface area contributed by atoms with Gasteiger partial charge in [0.15, 0.2) is 0 Å². The molecule has 0 saturated heterocycles. The summed E-state index contributed by atoms with van der Waals surface area (Å²) in [4.78, 5) is 0. The van der Waals surface area contributed by atoms with Gasteiger partial charge in [0.05, 0.1) is 14.2 Å². The van der Waals surface area contributed by atoms with Crippen LogP contribution in [-0.2, 0) is 0 Å². The van der Waals surface area contributed by atoms with Crippen LogP contribution in [0, 0.1) is 20.8 Å². The minimum atomic E-state index is -0.808. The number of rotatable bonds is 4. The quantitative estimate of drug-likeness (QED) is 0.931. The zero-order valence-electron chi connectivity index (χ0n) is 12.5. The molecule has 0 radical (unpaired) electrons. The molecule has 1 aromatic carbocycles. The van der Waals surface area contributed by atoms with Gasteiger partial charge in [0.1, 0.15) is 29.1 Å². The van der Waals surface area contributed by atoms with Crippen LogP contribution in [0.4, 0.5) is 0 Å². The Bertz CT molecular complexity index is 613. The Balaban J connectivity index is 2.54. The van der Waals surface area contributed by atoms with Gasteiger partial charge in [-0.3, -0.25) is 0 Å². The number of furan rings is 1. The molecule has 108 valence electrons. The smallest absolute Gasteiger partial charge is 0.125 e. The minimum absolute atomic E-state index is 0.621. The van der Waals surface area contributed by atoms with Crippen molar-refractivity contribution in [2.45, 2.75) is 26.9 Å². The van der Waals surface area contributed by atoms with Crippen molar-refractivity contribution in [3.8, 4) is 11.5 Å². The molecule has 1 atom stereocenters. The highest BCUT2D eigenvalue weighted by Gasteiger charge is 2.23. The fourth-order valence-electron chi connectivity index (χ4n) is 2.42. The maximum absolute atomic E-state index is 10.7. The second-order valence-corrected chi connectivity index (χ2v) is 4.76. The van der Waals surface area contributed by atoms with Crippen molar-refractivity contribution in [2.24, 2.45) is 0 Å². The van der Waals surface area contributed by atoms with E-state index in [0.717, 1.165) is 22.6 Å². The third-order valence-corrected chi connectivity index (χ3v) is 3.62. The topological polar surface area (TPSA) is 51.8 Å². The maximum atomic E-state index is 10.7. The number of hydrogen-bond donors (Lipinski definition) is 1. The number of ether oxygens (including phenoxy) is 2. The zero-order chi connectivity index (χ0) is 14.9. The fourth-order valence-corrected chi connectivity index (χ4v) is 2.42. The highest BCUT2D eigenvalue weighted by molar-refractivity contribution is 5.47. The second kappa shape index (κ2) is 5.59. The highest BCUT2D eigenvalue weighted by atomic mass is 16.5. The molecular formula is C16H20O4. The van der Waals surface area contributed by atoms with Gasteiger partial charge in [-0.2, -0.15) is 0 Å². The molecule has 0 aliphatic carbocycles. The molecule has 1 aromatic heterocycles. The van der Waals surface area contributed by atoms with Gasteiger partial charge < -0.3 is 19.0 Å². The average Bonchev–Trinajstić information content (AvgIpc) is 2.70. The van der Waals surface area contributed by atoms with E-state index in [2.05, 4.69) is 0 Å². The van der Waals surface area contributed by atoms with E-state index in [1.807, 2.05) is 20.8 Å². The molecule has 0 aliphatic heterocycles. The Morgan fingerprint density at radius 3 is 2.25 bits per heavy atom. The normalized spacial score (nSPS) is 12.3. The zero-order valence-corrected chi connectivity index (χ0v) is 12.5. The van der Waals surface area contributed by atoms with Crippen molar-refractivity contribution in [1.29, 1.82) is 0 Å². The van der Waals surface area contributed by atoms with E-state index in [1.54, 1.807) is 32.4 Å². The number of aliphatic hydroxyl groups excluding tert-OH is 1. The lowest BCUT2D eigenvalue weighted by Gasteiger charge is -2.16. The van der Waals surface area contributed by atoms with Crippen LogP contribution in [0.5, 0.6) is 11.5 Å². The Hall–Kier alpha value is -1.94. The summed E-state index contributed by atoms with van der Waals surface area (Å²) < 4.78 is 16.1. The van der Waals surface area contributed by atoms with Crippen molar-refractivity contribution in [1.82, 2.24) is 0 Å². The van der Waals surface area contributed by atoms with E-state index < -0.39 is 6.10 Å². The lowest BCUT2D eigenvalue weighted by Crippen LogP contribution is -2.05. The van der Waals surface area contributed by atoms with Crippen LogP contribution < -0.4 is 9.47 Å². The van der Waals surface area contributed by atoms with Crippen LogP contribution in [0.2, 0.25) is 0 Å². The number of hydrogen-bond acceptors (Lipinski definition) is 4. The molecule has 1 N–H and O–H groups in total. The molecule has 0 aliphatic rings. The van der Waals surface area contributed by atoms with Gasteiger partial charge >= 0.3 is 0 Å². The van der Waals surface area contributed by atoms with Gasteiger partial charge in [-0.05, 0) is 44.5 Å². The van der Waals surface area contributed by atoms with Gasteiger partial charge in [-0.15, -0.1) is 0 Å². The van der Waals surface area contributed by atoms with Gasteiger partial charge in [-0.1, -0.05) is 0 Å². The van der Waals surface area contributed by atoms with E-state index in [0.29, 0.717) is 17.1 Å². The molecular weight excluding hydrogens is 256 g/mol. The number of aliphatic hydroxyl groups is 1. The summed E-state index contributed by atoms with van der Waals surface area (Å²) in [7, 11) is 3.18. The molecule has 0 saturated carbocycles. The first-order valence-corrected chi connectivity index (χ1v) is 6.46. The standard InChI is InChI=1S/C16H20O4/c1-9-10(2)20-11(3)15(9)16(17)13-8-12(18-4)6-7-14(13)19-5/h6-8,16-17H,1-5H3. The first-order valence-electron chi connectivity index (χ1n) is 6.46. The van der Waals surface area contributed by atoms with E-state index in [4.69, 9.17) is 13.9 Å². The van der Waals surface area contributed by atoms with Crippen molar-refractivity contribution in [3.63, 3.8) is 0 Å². The molecule has 0 amide bonds. The number of benzene rings is 1. The first kappa shape index (κ1) is 14.5. The maximum Gasteiger partial charge on any atom is 0.125 e. The predicted molar refractivity (Wildman–Crippen MR) is 76.5 cm³/mol. The first-order chi connectivity index (χ1) is 9.49. The lowest BCUT2D eigenvalue weighted by molar-refractivity contribution is 0.211. The Morgan fingerprint density at radius 2 is 1.75 bits per heavy atom. The van der Waals surface area contributed by atoms with Crippen LogP contribution >= 0.6 is 0 Å². The third kappa shape index (κ3) is 2.39. The molecule has 4 nitrogen and oxygen atoms in total. The molecule has 0 spiro atoms. The summed E-state index contributed by atoms with van der Waals surface area (Å²) in [6.45, 7) is 5.68. The molecule has 0 bridgehead atoms. The van der Waals surface area contributed by atoms with Crippen LogP contribution in [0.15, 0.2) is 22.6 Å². The monoisotopic (exact) mass is 276 g/mol. The highest BCUT2D eigenvalue weighted by Crippen LogP contribution is 2.37. The molecule has 20 heavy (non-hydrogen) atoms. The van der Waals surface area contributed by atoms with Gasteiger partial charge in [0, 0.05) is 11.1 Å². The summed E-state index contributed by atoms with van der Waals surface area (Å²) in [5, 5.41) is 10.7. The van der Waals surface area contributed by atoms with E-state index in [9.17, 15) is 5.11 Å². The summed E-state index contributed by atoms with van der Waals surface area (Å²) in [6, 6.07) is 5.37. The van der Waals surface area contributed by atoms with E-state index in [1.165, 1.54) is 0 Å².